The third kappa shape index (κ3) is 4.85. The van der Waals surface area contributed by atoms with Crippen molar-refractivity contribution in [3.63, 3.8) is 0 Å². The highest BCUT2D eigenvalue weighted by molar-refractivity contribution is 5.74. The zero-order valence-electron chi connectivity index (χ0n) is 8.16. The van der Waals surface area contributed by atoms with Crippen LogP contribution in [0.4, 0.5) is 0 Å². The lowest BCUT2D eigenvalue weighted by Crippen LogP contribution is -2.38. The lowest BCUT2D eigenvalue weighted by Gasteiger charge is -2.16. The molecule has 78 valence electrons. The fourth-order valence-corrected chi connectivity index (χ4v) is 1.01. The topological polar surface area (TPSA) is 77.8 Å². The Hall–Kier alpha value is -0.610. The fourth-order valence-electron chi connectivity index (χ4n) is 1.01. The third-order valence-corrected chi connectivity index (χ3v) is 2.26. The van der Waals surface area contributed by atoms with Gasteiger partial charge in [0.15, 0.2) is 0 Å². The second-order valence-electron chi connectivity index (χ2n) is 3.53. The van der Waals surface area contributed by atoms with Crippen LogP contribution in [0.5, 0.6) is 0 Å². The van der Waals surface area contributed by atoms with Gasteiger partial charge in [-0.25, -0.2) is 4.79 Å². The first-order chi connectivity index (χ1) is 5.90. The van der Waals surface area contributed by atoms with Gasteiger partial charge < -0.3 is 15.3 Å². The van der Waals surface area contributed by atoms with Gasteiger partial charge in [0.1, 0.15) is 0 Å². The molecule has 4 nitrogen and oxygen atoms in total. The number of hydrogen-bond acceptors (Lipinski definition) is 3. The minimum absolute atomic E-state index is 0.104. The van der Waals surface area contributed by atoms with E-state index < -0.39 is 11.8 Å². The Morgan fingerprint density at radius 2 is 2.00 bits per heavy atom. The summed E-state index contributed by atoms with van der Waals surface area (Å²) < 4.78 is 0. The largest absolute Gasteiger partial charge is 0.477 e. The van der Waals surface area contributed by atoms with Crippen LogP contribution in [0.15, 0.2) is 0 Å². The van der Waals surface area contributed by atoms with Crippen LogP contribution in [0.1, 0.15) is 39.5 Å². The summed E-state index contributed by atoms with van der Waals surface area (Å²) in [4.78, 5) is 10.3. The van der Waals surface area contributed by atoms with Crippen molar-refractivity contribution in [3.8, 4) is 0 Å². The predicted molar refractivity (Wildman–Crippen MR) is 48.1 cm³/mol. The Morgan fingerprint density at radius 3 is 2.38 bits per heavy atom. The van der Waals surface area contributed by atoms with Crippen LogP contribution in [0.25, 0.3) is 0 Å². The Balaban J connectivity index is 3.70. The molecule has 0 aliphatic carbocycles. The maximum atomic E-state index is 10.3. The first-order valence-electron chi connectivity index (χ1n) is 4.58. The second kappa shape index (κ2) is 5.19. The van der Waals surface area contributed by atoms with Crippen LogP contribution in [0, 0.1) is 5.92 Å². The molecular formula is C9H18O4. The zero-order valence-corrected chi connectivity index (χ0v) is 8.16. The molecule has 0 heterocycles. The van der Waals surface area contributed by atoms with E-state index in [1.807, 2.05) is 6.92 Å². The first kappa shape index (κ1) is 12.4. The molecule has 0 bridgehead atoms. The molecule has 3 N–H and O–H groups in total. The normalized spacial score (nSPS) is 14.2. The van der Waals surface area contributed by atoms with E-state index in [-0.39, 0.29) is 6.42 Å². The molecule has 0 aromatic heterocycles. The zero-order chi connectivity index (χ0) is 10.5. The van der Waals surface area contributed by atoms with Crippen LogP contribution in [0.2, 0.25) is 0 Å². The van der Waals surface area contributed by atoms with E-state index in [0.717, 1.165) is 12.8 Å². The summed E-state index contributed by atoms with van der Waals surface area (Å²) in [6.07, 6.45) is 2.27. The summed E-state index contributed by atoms with van der Waals surface area (Å²) >= 11 is 0. The van der Waals surface area contributed by atoms with Crippen LogP contribution in [0.3, 0.4) is 0 Å². The van der Waals surface area contributed by atoms with Crippen molar-refractivity contribution in [3.05, 3.63) is 0 Å². The maximum absolute atomic E-state index is 10.3. The second-order valence-corrected chi connectivity index (χ2v) is 3.53. The van der Waals surface area contributed by atoms with Gasteiger partial charge in [0.05, 0.1) is 0 Å². The van der Waals surface area contributed by atoms with E-state index in [1.54, 1.807) is 0 Å². The van der Waals surface area contributed by atoms with E-state index in [4.69, 9.17) is 15.3 Å². The molecule has 4 heteroatoms. The molecule has 0 radical (unpaired) electrons. The van der Waals surface area contributed by atoms with Crippen LogP contribution < -0.4 is 0 Å². The summed E-state index contributed by atoms with van der Waals surface area (Å²) in [5.74, 6) is -3.62. The average Bonchev–Trinajstić information content (AvgIpc) is 2.03. The smallest absolute Gasteiger partial charge is 0.364 e. The summed E-state index contributed by atoms with van der Waals surface area (Å²) in [6.45, 7) is 4.10. The highest BCUT2D eigenvalue weighted by Crippen LogP contribution is 2.16. The molecule has 0 saturated heterocycles. The minimum Gasteiger partial charge on any atom is -0.477 e. The molecule has 0 amide bonds. The molecule has 0 aliphatic heterocycles. The molecule has 0 aromatic carbocycles. The Bertz CT molecular complexity index is 165. The van der Waals surface area contributed by atoms with E-state index in [9.17, 15) is 4.79 Å². The van der Waals surface area contributed by atoms with Crippen molar-refractivity contribution in [1.82, 2.24) is 0 Å². The quantitative estimate of drug-likeness (QED) is 0.545. The Morgan fingerprint density at radius 1 is 1.46 bits per heavy atom. The SMILES string of the molecule is CCC(C)CCCC(O)(O)C(=O)O. The summed E-state index contributed by atoms with van der Waals surface area (Å²) in [5.41, 5.74) is 0. The third-order valence-electron chi connectivity index (χ3n) is 2.26. The number of rotatable bonds is 6. The van der Waals surface area contributed by atoms with Gasteiger partial charge in [0.25, 0.3) is 5.79 Å². The molecule has 0 aliphatic rings. The van der Waals surface area contributed by atoms with Crippen molar-refractivity contribution >= 4 is 5.97 Å². The molecule has 1 unspecified atom stereocenters. The van der Waals surface area contributed by atoms with Gasteiger partial charge in [0, 0.05) is 6.42 Å². The van der Waals surface area contributed by atoms with E-state index in [2.05, 4.69) is 6.92 Å². The monoisotopic (exact) mass is 190 g/mol. The number of carbonyl (C=O) groups is 1. The van der Waals surface area contributed by atoms with Crippen molar-refractivity contribution in [2.75, 3.05) is 0 Å². The molecular weight excluding hydrogens is 172 g/mol. The standard InChI is InChI=1S/C9H18O4/c1-3-7(2)5-4-6-9(12,13)8(10)11/h7,12-13H,3-6H2,1-2H3,(H,10,11). The molecule has 0 saturated carbocycles. The van der Waals surface area contributed by atoms with E-state index in [0.29, 0.717) is 12.3 Å². The van der Waals surface area contributed by atoms with Crippen molar-refractivity contribution in [2.24, 2.45) is 5.92 Å². The maximum Gasteiger partial charge on any atom is 0.364 e. The lowest BCUT2D eigenvalue weighted by molar-refractivity contribution is -0.205. The number of hydrogen-bond donors (Lipinski definition) is 3. The predicted octanol–water partition coefficient (Wildman–Crippen LogP) is 0.968. The Labute approximate surface area is 78.2 Å². The molecule has 0 aromatic rings. The molecule has 0 rings (SSSR count). The molecule has 0 spiro atoms. The summed E-state index contributed by atoms with van der Waals surface area (Å²) in [7, 11) is 0. The number of carboxylic acid groups (broad SMARTS) is 1. The van der Waals surface area contributed by atoms with E-state index in [1.165, 1.54) is 0 Å². The number of carboxylic acids is 1. The molecule has 1 atom stereocenters. The van der Waals surface area contributed by atoms with Gasteiger partial charge in [-0.3, -0.25) is 0 Å². The summed E-state index contributed by atoms with van der Waals surface area (Å²) in [6, 6.07) is 0. The molecule has 0 fully saturated rings. The fraction of sp³-hybridized carbons (Fsp3) is 0.889. The van der Waals surface area contributed by atoms with Gasteiger partial charge in [-0.2, -0.15) is 0 Å². The van der Waals surface area contributed by atoms with Crippen molar-refractivity contribution < 1.29 is 20.1 Å². The number of aliphatic carboxylic acids is 1. The Kier molecular flexibility index (Phi) is 4.95. The van der Waals surface area contributed by atoms with Crippen LogP contribution in [-0.4, -0.2) is 27.1 Å². The summed E-state index contributed by atoms with van der Waals surface area (Å²) in [5, 5.41) is 26.2. The van der Waals surface area contributed by atoms with Gasteiger partial charge in [-0.05, 0) is 12.3 Å². The van der Waals surface area contributed by atoms with Crippen molar-refractivity contribution in [2.45, 2.75) is 45.3 Å². The van der Waals surface area contributed by atoms with Gasteiger partial charge >= 0.3 is 5.97 Å². The highest BCUT2D eigenvalue weighted by atomic mass is 16.5. The molecule has 13 heavy (non-hydrogen) atoms. The van der Waals surface area contributed by atoms with E-state index >= 15 is 0 Å². The van der Waals surface area contributed by atoms with Gasteiger partial charge in [-0.15, -0.1) is 0 Å². The van der Waals surface area contributed by atoms with Gasteiger partial charge in [0.2, 0.25) is 0 Å². The lowest BCUT2D eigenvalue weighted by atomic mass is 9.99. The van der Waals surface area contributed by atoms with Crippen LogP contribution >= 0.6 is 0 Å². The van der Waals surface area contributed by atoms with Crippen LogP contribution in [-0.2, 0) is 4.79 Å². The average molecular weight is 190 g/mol. The first-order valence-corrected chi connectivity index (χ1v) is 4.58. The minimum atomic E-state index is -2.55. The number of aliphatic hydroxyl groups is 2. The van der Waals surface area contributed by atoms with Gasteiger partial charge in [-0.1, -0.05) is 26.7 Å². The highest BCUT2D eigenvalue weighted by Gasteiger charge is 2.32. The van der Waals surface area contributed by atoms with Crippen molar-refractivity contribution in [1.29, 1.82) is 0 Å².